The molecule has 0 aliphatic rings. The molecule has 0 radical (unpaired) electrons. The van der Waals surface area contributed by atoms with Gasteiger partial charge < -0.3 is 9.64 Å². The Morgan fingerprint density at radius 1 is 1.25 bits per heavy atom. The Morgan fingerprint density at radius 2 is 1.85 bits per heavy atom. The average molecular weight is 279 g/mol. The van der Waals surface area contributed by atoms with Crippen LogP contribution in [0.5, 0.6) is 5.75 Å². The fraction of sp³-hybridized carbons (Fsp3) is 0.625. The Balaban J connectivity index is 3.06. The zero-order valence-electron chi connectivity index (χ0n) is 13.4. The molecule has 0 aliphatic carbocycles. The van der Waals surface area contributed by atoms with Crippen molar-refractivity contribution in [3.05, 3.63) is 29.8 Å². The third kappa shape index (κ3) is 3.32. The normalized spacial score (nSPS) is 13.6. The van der Waals surface area contributed by atoms with Crippen molar-refractivity contribution in [1.82, 2.24) is 10.3 Å². The van der Waals surface area contributed by atoms with E-state index in [0.29, 0.717) is 0 Å². The van der Waals surface area contributed by atoms with Crippen molar-refractivity contribution in [2.45, 2.75) is 44.7 Å². The second-order valence-corrected chi connectivity index (χ2v) is 5.44. The number of hydrogen-bond acceptors (Lipinski definition) is 4. The Morgan fingerprint density at radius 3 is 2.30 bits per heavy atom. The fourth-order valence-corrected chi connectivity index (χ4v) is 3.18. The van der Waals surface area contributed by atoms with E-state index >= 15 is 0 Å². The van der Waals surface area contributed by atoms with Crippen LogP contribution in [-0.2, 0) is 6.42 Å². The minimum Gasteiger partial charge on any atom is -0.496 e. The number of benzene rings is 1. The molecule has 0 amide bonds. The van der Waals surface area contributed by atoms with Crippen LogP contribution in [0.15, 0.2) is 24.3 Å². The molecule has 3 N–H and O–H groups in total. The largest absolute Gasteiger partial charge is 0.496 e. The molecular formula is C16H29N3O. The maximum absolute atomic E-state index is 5.87. The van der Waals surface area contributed by atoms with Gasteiger partial charge >= 0.3 is 0 Å². The first-order valence-corrected chi connectivity index (χ1v) is 7.31. The molecule has 0 saturated carbocycles. The van der Waals surface area contributed by atoms with Crippen LogP contribution in [0.3, 0.4) is 0 Å². The molecule has 114 valence electrons. The predicted molar refractivity (Wildman–Crippen MR) is 84.8 cm³/mol. The monoisotopic (exact) mass is 279 g/mol. The third-order valence-corrected chi connectivity index (χ3v) is 4.58. The van der Waals surface area contributed by atoms with Gasteiger partial charge in [-0.3, -0.25) is 11.3 Å². The average Bonchev–Trinajstić information content (AvgIpc) is 2.47. The van der Waals surface area contributed by atoms with Gasteiger partial charge in [0.05, 0.1) is 7.11 Å². The molecule has 0 aliphatic heterocycles. The topological polar surface area (TPSA) is 50.5 Å². The first-order valence-electron chi connectivity index (χ1n) is 7.31. The van der Waals surface area contributed by atoms with Crippen molar-refractivity contribution in [1.29, 1.82) is 0 Å². The summed E-state index contributed by atoms with van der Waals surface area (Å²) in [5.41, 5.74) is 4.25. The first kappa shape index (κ1) is 17.0. The third-order valence-electron chi connectivity index (χ3n) is 4.58. The highest BCUT2D eigenvalue weighted by atomic mass is 16.5. The maximum Gasteiger partial charge on any atom is 0.122 e. The second kappa shape index (κ2) is 7.62. The van der Waals surface area contributed by atoms with Gasteiger partial charge in [-0.2, -0.15) is 0 Å². The minimum absolute atomic E-state index is 0.0373. The molecule has 1 aromatic rings. The molecule has 0 bridgehead atoms. The van der Waals surface area contributed by atoms with E-state index in [9.17, 15) is 0 Å². The van der Waals surface area contributed by atoms with Crippen molar-refractivity contribution < 1.29 is 4.74 Å². The number of nitrogens with zero attached hydrogens (tertiary/aromatic N) is 1. The molecule has 0 saturated heterocycles. The smallest absolute Gasteiger partial charge is 0.122 e. The molecule has 0 aromatic heterocycles. The number of hydrazine groups is 1. The number of hydrogen-bond donors (Lipinski definition) is 2. The van der Waals surface area contributed by atoms with E-state index in [0.717, 1.165) is 25.0 Å². The summed E-state index contributed by atoms with van der Waals surface area (Å²) in [5.74, 6) is 6.79. The van der Waals surface area contributed by atoms with E-state index < -0.39 is 0 Å². The number of rotatable bonds is 8. The number of nitrogens with one attached hydrogen (secondary N) is 1. The van der Waals surface area contributed by atoms with Crippen LogP contribution in [0.1, 0.15) is 32.3 Å². The van der Waals surface area contributed by atoms with Gasteiger partial charge in [-0.15, -0.1) is 0 Å². The summed E-state index contributed by atoms with van der Waals surface area (Å²) in [5, 5.41) is 0. The van der Waals surface area contributed by atoms with Crippen molar-refractivity contribution in [3.8, 4) is 5.75 Å². The van der Waals surface area contributed by atoms with Crippen molar-refractivity contribution in [3.63, 3.8) is 0 Å². The molecular weight excluding hydrogens is 250 g/mol. The lowest BCUT2D eigenvalue weighted by Crippen LogP contribution is -2.61. The van der Waals surface area contributed by atoms with E-state index in [1.54, 1.807) is 7.11 Å². The molecule has 1 aromatic carbocycles. The highest BCUT2D eigenvalue weighted by molar-refractivity contribution is 5.34. The number of likely N-dealkylation sites (N-methyl/N-ethyl adjacent to an activating group) is 1. The van der Waals surface area contributed by atoms with Crippen LogP contribution in [0.2, 0.25) is 0 Å². The molecule has 0 fully saturated rings. The van der Waals surface area contributed by atoms with E-state index in [1.807, 2.05) is 18.2 Å². The van der Waals surface area contributed by atoms with E-state index in [4.69, 9.17) is 10.6 Å². The van der Waals surface area contributed by atoms with Gasteiger partial charge in [0.2, 0.25) is 0 Å². The zero-order valence-corrected chi connectivity index (χ0v) is 13.4. The summed E-state index contributed by atoms with van der Waals surface area (Å²) in [6.07, 6.45) is 2.93. The quantitative estimate of drug-likeness (QED) is 0.566. The van der Waals surface area contributed by atoms with Crippen molar-refractivity contribution in [2.24, 2.45) is 5.84 Å². The second-order valence-electron chi connectivity index (χ2n) is 5.44. The van der Waals surface area contributed by atoms with Gasteiger partial charge in [0.1, 0.15) is 5.75 Å². The van der Waals surface area contributed by atoms with Crippen molar-refractivity contribution >= 4 is 0 Å². The Hall–Kier alpha value is -1.10. The highest BCUT2D eigenvalue weighted by Gasteiger charge is 2.37. The highest BCUT2D eigenvalue weighted by Crippen LogP contribution is 2.29. The van der Waals surface area contributed by atoms with Crippen LogP contribution in [0.4, 0.5) is 0 Å². The molecule has 0 heterocycles. The van der Waals surface area contributed by atoms with E-state index in [2.05, 4.69) is 44.3 Å². The van der Waals surface area contributed by atoms with Crippen LogP contribution < -0.4 is 16.0 Å². The molecule has 1 rings (SSSR count). The summed E-state index contributed by atoms with van der Waals surface area (Å²) in [7, 11) is 5.96. The number of para-hydroxylation sites is 1. The molecule has 20 heavy (non-hydrogen) atoms. The van der Waals surface area contributed by atoms with Crippen molar-refractivity contribution in [2.75, 3.05) is 21.2 Å². The van der Waals surface area contributed by atoms with Gasteiger partial charge in [0.25, 0.3) is 0 Å². The lowest BCUT2D eigenvalue weighted by molar-refractivity contribution is 0.0879. The molecule has 4 heteroatoms. The number of nitrogens with two attached hydrogens (primary N) is 1. The molecule has 4 nitrogen and oxygen atoms in total. The fourth-order valence-electron chi connectivity index (χ4n) is 3.18. The van der Waals surface area contributed by atoms with Gasteiger partial charge in [-0.25, -0.2) is 0 Å². The lowest BCUT2D eigenvalue weighted by atomic mass is 9.80. The molecule has 1 unspecified atom stereocenters. The zero-order chi connectivity index (χ0) is 15.2. The summed E-state index contributed by atoms with van der Waals surface area (Å²) in [6.45, 7) is 4.44. The predicted octanol–water partition coefficient (Wildman–Crippen LogP) is 2.19. The van der Waals surface area contributed by atoms with Crippen LogP contribution >= 0.6 is 0 Å². The molecule has 1 atom stereocenters. The number of methoxy groups -OCH3 is 1. The molecule has 0 spiro atoms. The van der Waals surface area contributed by atoms with E-state index in [-0.39, 0.29) is 11.6 Å². The van der Waals surface area contributed by atoms with Crippen LogP contribution in [0, 0.1) is 0 Å². The summed E-state index contributed by atoms with van der Waals surface area (Å²) in [6, 6.07) is 8.31. The van der Waals surface area contributed by atoms with Crippen LogP contribution in [0.25, 0.3) is 0 Å². The van der Waals surface area contributed by atoms with Gasteiger partial charge in [-0.05, 0) is 45.0 Å². The Kier molecular flexibility index (Phi) is 6.46. The maximum atomic E-state index is 5.87. The van der Waals surface area contributed by atoms with Crippen LogP contribution in [-0.4, -0.2) is 37.7 Å². The first-order chi connectivity index (χ1) is 9.55. The van der Waals surface area contributed by atoms with Gasteiger partial charge in [0, 0.05) is 11.6 Å². The lowest BCUT2D eigenvalue weighted by Gasteiger charge is -2.45. The number of ether oxygens (including phenoxy) is 1. The van der Waals surface area contributed by atoms with Gasteiger partial charge in [0.15, 0.2) is 0 Å². The minimum atomic E-state index is 0.0373. The van der Waals surface area contributed by atoms with E-state index in [1.165, 1.54) is 5.56 Å². The Bertz CT molecular complexity index is 402. The van der Waals surface area contributed by atoms with Gasteiger partial charge in [-0.1, -0.05) is 32.0 Å². The Labute approximate surface area is 123 Å². The SMILES string of the molecule is CCC(CC)(C(Cc1ccccc1OC)NN)N(C)C. The standard InChI is InChI=1S/C16H29N3O/c1-6-16(7-2,19(3)4)15(18-17)12-13-10-8-9-11-14(13)20-5/h8-11,15,18H,6-7,12,17H2,1-5H3. The summed E-state index contributed by atoms with van der Waals surface area (Å²) < 4.78 is 5.45. The summed E-state index contributed by atoms with van der Waals surface area (Å²) >= 11 is 0. The summed E-state index contributed by atoms with van der Waals surface area (Å²) in [4.78, 5) is 2.28.